The van der Waals surface area contributed by atoms with Crippen LogP contribution < -0.4 is 5.32 Å². The van der Waals surface area contributed by atoms with Crippen LogP contribution in [0.4, 0.5) is 5.69 Å². The minimum Gasteiger partial charge on any atom is -0.507 e. The van der Waals surface area contributed by atoms with Gasteiger partial charge in [0.2, 0.25) is 0 Å². The summed E-state index contributed by atoms with van der Waals surface area (Å²) in [5.41, 5.74) is 2.03. The van der Waals surface area contributed by atoms with Crippen molar-refractivity contribution in [1.29, 1.82) is 0 Å². The molecule has 0 spiro atoms. The van der Waals surface area contributed by atoms with Crippen LogP contribution in [0.5, 0.6) is 5.75 Å². The largest absolute Gasteiger partial charge is 0.507 e. The number of fused-ring (bicyclic) bond motifs is 1. The van der Waals surface area contributed by atoms with Crippen LogP contribution in [0.3, 0.4) is 0 Å². The molecule has 0 heterocycles. The van der Waals surface area contributed by atoms with Gasteiger partial charge in [0, 0.05) is 18.1 Å². The second-order valence-corrected chi connectivity index (χ2v) is 5.64. The second-order valence-electron chi connectivity index (χ2n) is 4.17. The van der Waals surface area contributed by atoms with Crippen LogP contribution in [0.15, 0.2) is 30.3 Å². The van der Waals surface area contributed by atoms with Crippen LogP contribution in [0.2, 0.25) is 0 Å². The molecular weight excluding hydrogens is 266 g/mol. The molecule has 19 heavy (non-hydrogen) atoms. The smallest absolute Gasteiger partial charge is 0.261 e. The fourth-order valence-corrected chi connectivity index (χ4v) is 1.76. The molecule has 6 heteroatoms. The van der Waals surface area contributed by atoms with Gasteiger partial charge < -0.3 is 10.4 Å². The molecule has 0 bridgehead atoms. The summed E-state index contributed by atoms with van der Waals surface area (Å²) in [6.07, 6.45) is 0.715. The van der Waals surface area contributed by atoms with E-state index in [-0.39, 0.29) is 0 Å². The highest BCUT2D eigenvalue weighted by Crippen LogP contribution is 2.32. The standard InChI is InChI=1S/C12H13NO.CH4O3S/c1-8-6-9-4-3-5-10(13-2)12(9)11(14)7-8;1-5(2,3)4/h3-7,13-14H,1-2H3;1H3,(H,2,3,4). The summed E-state index contributed by atoms with van der Waals surface area (Å²) in [4.78, 5) is 0. The monoisotopic (exact) mass is 283 g/mol. The number of hydrogen-bond acceptors (Lipinski definition) is 4. The maximum Gasteiger partial charge on any atom is 0.261 e. The average Bonchev–Trinajstić information content (AvgIpc) is 2.25. The van der Waals surface area contributed by atoms with Gasteiger partial charge in [0.1, 0.15) is 5.75 Å². The van der Waals surface area contributed by atoms with Gasteiger partial charge in [0.25, 0.3) is 10.1 Å². The molecule has 0 radical (unpaired) electrons. The number of phenolic OH excluding ortho intramolecular Hbond substituents is 1. The predicted octanol–water partition coefficient (Wildman–Crippen LogP) is 2.40. The second kappa shape index (κ2) is 5.90. The van der Waals surface area contributed by atoms with Gasteiger partial charge in [-0.3, -0.25) is 4.55 Å². The Morgan fingerprint density at radius 1 is 1.21 bits per heavy atom. The summed E-state index contributed by atoms with van der Waals surface area (Å²) in [6.45, 7) is 1.98. The van der Waals surface area contributed by atoms with Gasteiger partial charge in [-0.25, -0.2) is 0 Å². The van der Waals surface area contributed by atoms with Crippen LogP contribution in [0.1, 0.15) is 5.56 Å². The zero-order valence-electron chi connectivity index (χ0n) is 11.0. The van der Waals surface area contributed by atoms with Crippen LogP contribution >= 0.6 is 0 Å². The van der Waals surface area contributed by atoms with E-state index >= 15 is 0 Å². The maximum absolute atomic E-state index is 9.82. The third-order valence-electron chi connectivity index (χ3n) is 2.37. The summed E-state index contributed by atoms with van der Waals surface area (Å²) >= 11 is 0. The normalized spacial score (nSPS) is 10.7. The highest BCUT2D eigenvalue weighted by Gasteiger charge is 2.04. The summed E-state index contributed by atoms with van der Waals surface area (Å²) in [5, 5.41) is 14.8. The lowest BCUT2D eigenvalue weighted by Gasteiger charge is -2.08. The molecule has 0 aliphatic rings. The Hall–Kier alpha value is -1.79. The van der Waals surface area contributed by atoms with Crippen molar-refractivity contribution in [2.75, 3.05) is 18.6 Å². The molecule has 2 aromatic carbocycles. The van der Waals surface area contributed by atoms with E-state index < -0.39 is 10.1 Å². The zero-order valence-corrected chi connectivity index (χ0v) is 11.8. The van der Waals surface area contributed by atoms with E-state index in [1.807, 2.05) is 32.2 Å². The van der Waals surface area contributed by atoms with Crippen molar-refractivity contribution in [2.24, 2.45) is 0 Å². The molecule has 0 aliphatic carbocycles. The number of benzene rings is 2. The zero-order chi connectivity index (χ0) is 14.6. The Kier molecular flexibility index (Phi) is 4.74. The van der Waals surface area contributed by atoms with Crippen molar-refractivity contribution in [3.63, 3.8) is 0 Å². The van der Waals surface area contributed by atoms with E-state index in [1.165, 1.54) is 0 Å². The molecule has 2 rings (SSSR count). The topological polar surface area (TPSA) is 86.6 Å². The Morgan fingerprint density at radius 2 is 1.79 bits per heavy atom. The number of anilines is 1. The molecule has 0 atom stereocenters. The van der Waals surface area contributed by atoms with E-state index in [9.17, 15) is 13.5 Å². The molecule has 0 aromatic heterocycles. The number of aromatic hydroxyl groups is 1. The molecule has 5 nitrogen and oxygen atoms in total. The van der Waals surface area contributed by atoms with Gasteiger partial charge in [-0.2, -0.15) is 8.42 Å². The van der Waals surface area contributed by atoms with Crippen LogP contribution in [-0.4, -0.2) is 31.4 Å². The molecule has 0 amide bonds. The minimum atomic E-state index is -3.67. The lowest BCUT2D eigenvalue weighted by Crippen LogP contribution is -1.89. The lowest BCUT2D eigenvalue weighted by molar-refractivity contribution is 0.481. The SMILES string of the molecule is CNc1cccc2cc(C)cc(O)c12.CS(=O)(=O)O. The van der Waals surface area contributed by atoms with Gasteiger partial charge in [-0.15, -0.1) is 0 Å². The van der Waals surface area contributed by atoms with Crippen LogP contribution in [0, 0.1) is 6.92 Å². The summed E-state index contributed by atoms with van der Waals surface area (Å²) in [5.74, 6) is 0.338. The van der Waals surface area contributed by atoms with Crippen molar-refractivity contribution >= 4 is 26.6 Å². The van der Waals surface area contributed by atoms with Crippen molar-refractivity contribution in [3.8, 4) is 5.75 Å². The molecule has 0 saturated carbocycles. The van der Waals surface area contributed by atoms with E-state index in [2.05, 4.69) is 11.4 Å². The first-order chi connectivity index (χ1) is 8.72. The average molecular weight is 283 g/mol. The van der Waals surface area contributed by atoms with E-state index in [0.29, 0.717) is 12.0 Å². The van der Waals surface area contributed by atoms with Crippen molar-refractivity contribution in [1.82, 2.24) is 0 Å². The third kappa shape index (κ3) is 4.76. The number of phenols is 1. The molecule has 104 valence electrons. The fourth-order valence-electron chi connectivity index (χ4n) is 1.76. The van der Waals surface area contributed by atoms with Gasteiger partial charge in [0.15, 0.2) is 0 Å². The van der Waals surface area contributed by atoms with Gasteiger partial charge in [-0.05, 0) is 30.0 Å². The Labute approximate surface area is 112 Å². The molecule has 2 aromatic rings. The Morgan fingerprint density at radius 3 is 2.32 bits per heavy atom. The molecule has 0 fully saturated rings. The fraction of sp³-hybridized carbons (Fsp3) is 0.231. The summed E-state index contributed by atoms with van der Waals surface area (Å²) in [6, 6.07) is 9.78. The molecule has 0 aliphatic heterocycles. The maximum atomic E-state index is 9.82. The number of aryl methyl sites for hydroxylation is 1. The highest BCUT2D eigenvalue weighted by atomic mass is 32.2. The molecule has 0 unspecified atom stereocenters. The van der Waals surface area contributed by atoms with Crippen LogP contribution in [-0.2, 0) is 10.1 Å². The van der Waals surface area contributed by atoms with Gasteiger partial charge in [-0.1, -0.05) is 18.2 Å². The first-order valence-corrected chi connectivity index (χ1v) is 7.39. The molecular formula is C13H17NO4S. The quantitative estimate of drug-likeness (QED) is 0.700. The summed E-state index contributed by atoms with van der Waals surface area (Å²) in [7, 11) is -1.81. The van der Waals surface area contributed by atoms with E-state index in [1.54, 1.807) is 6.07 Å². The van der Waals surface area contributed by atoms with Crippen molar-refractivity contribution < 1.29 is 18.1 Å². The van der Waals surface area contributed by atoms with E-state index in [0.717, 1.165) is 22.0 Å². The Bertz CT molecular complexity index is 672. The van der Waals surface area contributed by atoms with Crippen molar-refractivity contribution in [2.45, 2.75) is 6.92 Å². The minimum absolute atomic E-state index is 0.338. The number of rotatable bonds is 1. The van der Waals surface area contributed by atoms with Crippen LogP contribution in [0.25, 0.3) is 10.8 Å². The highest BCUT2D eigenvalue weighted by molar-refractivity contribution is 7.85. The Balaban J connectivity index is 0.000000312. The summed E-state index contributed by atoms with van der Waals surface area (Å²) < 4.78 is 25.9. The lowest BCUT2D eigenvalue weighted by atomic mass is 10.0. The number of nitrogens with one attached hydrogen (secondary N) is 1. The van der Waals surface area contributed by atoms with E-state index in [4.69, 9.17) is 4.55 Å². The predicted molar refractivity (Wildman–Crippen MR) is 77.4 cm³/mol. The number of hydrogen-bond donors (Lipinski definition) is 3. The van der Waals surface area contributed by atoms with Gasteiger partial charge >= 0.3 is 0 Å². The third-order valence-corrected chi connectivity index (χ3v) is 2.37. The van der Waals surface area contributed by atoms with Crippen molar-refractivity contribution in [3.05, 3.63) is 35.9 Å². The first-order valence-electron chi connectivity index (χ1n) is 5.55. The molecule has 0 saturated heterocycles. The van der Waals surface area contributed by atoms with Gasteiger partial charge in [0.05, 0.1) is 6.26 Å². The molecule has 3 N–H and O–H groups in total. The first kappa shape index (κ1) is 15.3.